The first-order valence-electron chi connectivity index (χ1n) is 9.36. The van der Waals surface area contributed by atoms with Crippen molar-refractivity contribution in [2.75, 3.05) is 13.1 Å². The van der Waals surface area contributed by atoms with Gasteiger partial charge in [0.2, 0.25) is 0 Å². The van der Waals surface area contributed by atoms with Crippen molar-refractivity contribution in [2.45, 2.75) is 32.2 Å². The fourth-order valence-electron chi connectivity index (χ4n) is 3.85. The zero-order valence-corrected chi connectivity index (χ0v) is 15.2. The van der Waals surface area contributed by atoms with Gasteiger partial charge in [0, 0.05) is 36.3 Å². The van der Waals surface area contributed by atoms with Crippen LogP contribution in [0.3, 0.4) is 0 Å². The molecule has 3 heteroatoms. The van der Waals surface area contributed by atoms with Crippen molar-refractivity contribution in [1.82, 2.24) is 9.88 Å². The van der Waals surface area contributed by atoms with Crippen LogP contribution in [-0.2, 0) is 6.42 Å². The monoisotopic (exact) mass is 341 g/mol. The van der Waals surface area contributed by atoms with Crippen LogP contribution < -0.4 is 0 Å². The lowest BCUT2D eigenvalue weighted by molar-refractivity contribution is 0.271. The van der Waals surface area contributed by atoms with Crippen molar-refractivity contribution in [2.24, 2.45) is 0 Å². The predicted molar refractivity (Wildman–Crippen MR) is 106 cm³/mol. The van der Waals surface area contributed by atoms with E-state index in [2.05, 4.69) is 47.1 Å². The summed E-state index contributed by atoms with van der Waals surface area (Å²) in [5.74, 6) is 0. The molecule has 1 fully saturated rings. The average Bonchev–Trinajstić information content (AvgIpc) is 3.10. The number of hydrogen-bond donors (Lipinski definition) is 0. The third-order valence-electron chi connectivity index (χ3n) is 5.45. The fraction of sp³-hybridized carbons (Fsp3) is 0.304. The van der Waals surface area contributed by atoms with Crippen LogP contribution in [0.4, 0.5) is 0 Å². The summed E-state index contributed by atoms with van der Waals surface area (Å²) >= 11 is 0. The standard InChI is InChI=1S/C23H23N3/c1-17-4-3-10-26(17)11-9-23-14-21-8-7-20(13-22(21)16-25-23)19-6-2-5-18(12-19)15-24/h2,5-8,12-14,16-17H,3-4,9-11H2,1H3/t17-/m1/s1. The highest BCUT2D eigenvalue weighted by Gasteiger charge is 2.19. The number of pyridine rings is 1. The van der Waals surface area contributed by atoms with Crippen LogP contribution in [0.25, 0.3) is 21.9 Å². The van der Waals surface area contributed by atoms with Crippen LogP contribution in [0.2, 0.25) is 0 Å². The molecule has 26 heavy (non-hydrogen) atoms. The predicted octanol–water partition coefficient (Wildman–Crippen LogP) is 4.80. The maximum atomic E-state index is 9.09. The largest absolute Gasteiger partial charge is 0.300 e. The zero-order chi connectivity index (χ0) is 17.9. The Kier molecular flexibility index (Phi) is 4.69. The Morgan fingerprint density at radius 1 is 1.12 bits per heavy atom. The van der Waals surface area contributed by atoms with Gasteiger partial charge in [0.1, 0.15) is 0 Å². The van der Waals surface area contributed by atoms with E-state index in [0.29, 0.717) is 11.6 Å². The molecule has 0 spiro atoms. The maximum Gasteiger partial charge on any atom is 0.0991 e. The van der Waals surface area contributed by atoms with Gasteiger partial charge < -0.3 is 4.90 Å². The van der Waals surface area contributed by atoms with Crippen molar-refractivity contribution in [1.29, 1.82) is 5.26 Å². The smallest absolute Gasteiger partial charge is 0.0991 e. The van der Waals surface area contributed by atoms with Gasteiger partial charge in [0.15, 0.2) is 0 Å². The van der Waals surface area contributed by atoms with Gasteiger partial charge in [-0.2, -0.15) is 5.26 Å². The molecule has 0 N–H and O–H groups in total. The van der Waals surface area contributed by atoms with Crippen LogP contribution in [0.5, 0.6) is 0 Å². The molecule has 1 aliphatic rings. The summed E-state index contributed by atoms with van der Waals surface area (Å²) in [7, 11) is 0. The van der Waals surface area contributed by atoms with E-state index in [1.807, 2.05) is 30.5 Å². The molecule has 0 radical (unpaired) electrons. The number of likely N-dealkylation sites (tertiary alicyclic amines) is 1. The first-order valence-corrected chi connectivity index (χ1v) is 9.36. The van der Waals surface area contributed by atoms with E-state index in [1.165, 1.54) is 24.8 Å². The summed E-state index contributed by atoms with van der Waals surface area (Å²) in [5.41, 5.74) is 4.04. The van der Waals surface area contributed by atoms with Gasteiger partial charge in [-0.1, -0.05) is 24.3 Å². The molecular formula is C23H23N3. The van der Waals surface area contributed by atoms with Gasteiger partial charge in [-0.15, -0.1) is 0 Å². The van der Waals surface area contributed by atoms with Crippen molar-refractivity contribution >= 4 is 10.8 Å². The Hall–Kier alpha value is -2.70. The number of fused-ring (bicyclic) bond motifs is 1. The number of hydrogen-bond acceptors (Lipinski definition) is 3. The number of benzene rings is 2. The van der Waals surface area contributed by atoms with Gasteiger partial charge >= 0.3 is 0 Å². The molecule has 1 aliphatic heterocycles. The molecule has 1 saturated heterocycles. The average molecular weight is 341 g/mol. The zero-order valence-electron chi connectivity index (χ0n) is 15.2. The number of rotatable bonds is 4. The van der Waals surface area contributed by atoms with Crippen molar-refractivity contribution in [3.8, 4) is 17.2 Å². The molecule has 4 rings (SSSR count). The Labute approximate surface area is 154 Å². The first-order chi connectivity index (χ1) is 12.7. The summed E-state index contributed by atoms with van der Waals surface area (Å²) in [4.78, 5) is 7.25. The van der Waals surface area contributed by atoms with Crippen LogP contribution in [0.1, 0.15) is 31.0 Å². The topological polar surface area (TPSA) is 39.9 Å². The second-order valence-corrected chi connectivity index (χ2v) is 7.21. The number of aromatic nitrogens is 1. The molecule has 3 nitrogen and oxygen atoms in total. The third kappa shape index (κ3) is 3.47. The lowest BCUT2D eigenvalue weighted by atomic mass is 10.0. The quantitative estimate of drug-likeness (QED) is 0.684. The van der Waals surface area contributed by atoms with Crippen LogP contribution in [0, 0.1) is 11.3 Å². The Bertz CT molecular complexity index is 971. The maximum absolute atomic E-state index is 9.09. The molecule has 3 aromatic rings. The minimum Gasteiger partial charge on any atom is -0.300 e. The molecule has 2 heterocycles. The first kappa shape index (κ1) is 16.8. The van der Waals surface area contributed by atoms with E-state index in [-0.39, 0.29) is 0 Å². The molecule has 0 saturated carbocycles. The Morgan fingerprint density at radius 2 is 2.00 bits per heavy atom. The third-order valence-corrected chi connectivity index (χ3v) is 5.45. The molecule has 0 aliphatic carbocycles. The molecule has 130 valence electrons. The summed E-state index contributed by atoms with van der Waals surface area (Å²) in [5, 5.41) is 11.5. The molecule has 1 aromatic heterocycles. The number of nitrogens with zero attached hydrogens (tertiary/aromatic N) is 3. The second kappa shape index (κ2) is 7.27. The van der Waals surface area contributed by atoms with Crippen LogP contribution in [0.15, 0.2) is 54.7 Å². The van der Waals surface area contributed by atoms with E-state index in [0.717, 1.165) is 35.2 Å². The molecule has 0 unspecified atom stereocenters. The van der Waals surface area contributed by atoms with Crippen molar-refractivity contribution < 1.29 is 0 Å². The fourth-order valence-corrected chi connectivity index (χ4v) is 3.85. The van der Waals surface area contributed by atoms with E-state index in [4.69, 9.17) is 5.26 Å². The van der Waals surface area contributed by atoms with Gasteiger partial charge in [0.05, 0.1) is 11.6 Å². The van der Waals surface area contributed by atoms with Gasteiger partial charge in [-0.25, -0.2) is 0 Å². The minimum absolute atomic E-state index is 0.687. The number of nitriles is 1. The van der Waals surface area contributed by atoms with Gasteiger partial charge in [-0.05, 0) is 67.1 Å². The van der Waals surface area contributed by atoms with E-state index >= 15 is 0 Å². The minimum atomic E-state index is 0.687. The second-order valence-electron chi connectivity index (χ2n) is 7.21. The van der Waals surface area contributed by atoms with Gasteiger partial charge in [-0.3, -0.25) is 4.98 Å². The molecule has 1 atom stereocenters. The summed E-state index contributed by atoms with van der Waals surface area (Å²) in [6.45, 7) is 4.64. The van der Waals surface area contributed by atoms with Crippen LogP contribution in [-0.4, -0.2) is 29.0 Å². The summed E-state index contributed by atoms with van der Waals surface area (Å²) < 4.78 is 0. The Morgan fingerprint density at radius 3 is 2.81 bits per heavy atom. The SMILES string of the molecule is C[C@@H]1CCCN1CCc1cc2ccc(-c3cccc(C#N)c3)cc2cn1. The van der Waals surface area contributed by atoms with E-state index < -0.39 is 0 Å². The lowest BCUT2D eigenvalue weighted by Crippen LogP contribution is -2.29. The highest BCUT2D eigenvalue weighted by atomic mass is 15.2. The van der Waals surface area contributed by atoms with E-state index in [1.54, 1.807) is 0 Å². The molecule has 2 aromatic carbocycles. The highest BCUT2D eigenvalue weighted by Crippen LogP contribution is 2.25. The lowest BCUT2D eigenvalue weighted by Gasteiger charge is -2.20. The summed E-state index contributed by atoms with van der Waals surface area (Å²) in [6.07, 6.45) is 5.63. The van der Waals surface area contributed by atoms with Crippen molar-refractivity contribution in [3.05, 3.63) is 66.0 Å². The molecule has 0 bridgehead atoms. The Balaban J connectivity index is 1.55. The van der Waals surface area contributed by atoms with Gasteiger partial charge in [0.25, 0.3) is 0 Å². The molecular weight excluding hydrogens is 318 g/mol. The van der Waals surface area contributed by atoms with Crippen molar-refractivity contribution in [3.63, 3.8) is 0 Å². The van der Waals surface area contributed by atoms with E-state index in [9.17, 15) is 0 Å². The molecule has 0 amide bonds. The summed E-state index contributed by atoms with van der Waals surface area (Å²) in [6, 6.07) is 19.3. The van der Waals surface area contributed by atoms with Crippen LogP contribution >= 0.6 is 0 Å². The normalized spacial score (nSPS) is 17.5. The highest BCUT2D eigenvalue weighted by molar-refractivity contribution is 5.87.